The van der Waals surface area contributed by atoms with Gasteiger partial charge in [-0.1, -0.05) is 55.3 Å². The van der Waals surface area contributed by atoms with Gasteiger partial charge in [0.15, 0.2) is 0 Å². The van der Waals surface area contributed by atoms with Crippen LogP contribution in [0.25, 0.3) is 39.1 Å². The van der Waals surface area contributed by atoms with Crippen LogP contribution in [0.3, 0.4) is 0 Å². The number of carbonyl (C=O) groups is 3. The SMILES string of the molecule is CN1CC[C@@](NC(=O)c2ccc3c(C4CCCC4)c(-c4cccc5cccnc45)n(C)c3c2)(C(=O)Nc2ccc(/C=C/C(=O)O)cc2)C1. The Kier molecular flexibility index (Phi) is 8.31. The lowest BCUT2D eigenvalue weighted by molar-refractivity contribution is -0.131. The van der Waals surface area contributed by atoms with Crippen LogP contribution in [0.5, 0.6) is 0 Å². The highest BCUT2D eigenvalue weighted by Gasteiger charge is 2.45. The normalized spacial score (nSPS) is 18.6. The second kappa shape index (κ2) is 12.7. The lowest BCUT2D eigenvalue weighted by Crippen LogP contribution is -2.58. The molecule has 2 fully saturated rings. The Bertz CT molecular complexity index is 2070. The zero-order valence-electron chi connectivity index (χ0n) is 27.2. The van der Waals surface area contributed by atoms with E-state index in [1.165, 1.54) is 24.5 Å². The van der Waals surface area contributed by atoms with Crippen LogP contribution in [0.2, 0.25) is 0 Å². The van der Waals surface area contributed by atoms with E-state index in [0.717, 1.165) is 52.0 Å². The Hall–Kier alpha value is -5.28. The Morgan fingerprint density at radius 1 is 0.979 bits per heavy atom. The molecule has 2 aliphatic rings. The van der Waals surface area contributed by atoms with Crippen LogP contribution in [0.1, 0.15) is 59.5 Å². The predicted molar refractivity (Wildman–Crippen MR) is 189 cm³/mol. The molecule has 3 N–H and O–H groups in total. The molecule has 9 heteroatoms. The van der Waals surface area contributed by atoms with Crippen molar-refractivity contribution < 1.29 is 19.5 Å². The highest BCUT2D eigenvalue weighted by atomic mass is 16.4. The van der Waals surface area contributed by atoms with Gasteiger partial charge in [0.25, 0.3) is 11.8 Å². The minimum absolute atomic E-state index is 0.289. The number of benzene rings is 3. The summed E-state index contributed by atoms with van der Waals surface area (Å²) in [6.45, 7) is 1.04. The summed E-state index contributed by atoms with van der Waals surface area (Å²) in [4.78, 5) is 45.5. The summed E-state index contributed by atoms with van der Waals surface area (Å²) < 4.78 is 2.21. The number of anilines is 1. The molecule has 0 bridgehead atoms. The summed E-state index contributed by atoms with van der Waals surface area (Å²) in [5.74, 6) is -1.18. The highest BCUT2D eigenvalue weighted by Crippen LogP contribution is 2.45. The monoisotopic (exact) mass is 641 g/mol. The minimum atomic E-state index is -1.12. The molecule has 48 heavy (non-hydrogen) atoms. The fourth-order valence-electron chi connectivity index (χ4n) is 7.59. The number of likely N-dealkylation sites (tertiary alicyclic amines) is 1. The van der Waals surface area contributed by atoms with Gasteiger partial charge in [0, 0.05) is 65.5 Å². The third kappa shape index (κ3) is 5.86. The number of nitrogens with zero attached hydrogens (tertiary/aromatic N) is 3. The van der Waals surface area contributed by atoms with Crippen molar-refractivity contribution in [2.24, 2.45) is 7.05 Å². The molecule has 2 aromatic heterocycles. The first-order chi connectivity index (χ1) is 23.2. The van der Waals surface area contributed by atoms with Crippen molar-refractivity contribution in [1.29, 1.82) is 0 Å². The van der Waals surface area contributed by atoms with Crippen LogP contribution in [0.15, 0.2) is 85.1 Å². The molecule has 244 valence electrons. The molecule has 1 saturated carbocycles. The number of carbonyl (C=O) groups excluding carboxylic acids is 2. The van der Waals surface area contributed by atoms with Crippen LogP contribution in [-0.4, -0.2) is 63.0 Å². The molecular formula is C39H39N5O4. The fourth-order valence-corrected chi connectivity index (χ4v) is 7.59. The molecule has 1 aliphatic carbocycles. The van der Waals surface area contributed by atoms with Crippen molar-refractivity contribution in [2.45, 2.75) is 43.6 Å². The Morgan fingerprint density at radius 2 is 1.75 bits per heavy atom. The Labute approximate surface area is 279 Å². The van der Waals surface area contributed by atoms with Crippen LogP contribution in [0, 0.1) is 0 Å². The molecule has 5 aromatic rings. The number of aromatic nitrogens is 2. The van der Waals surface area contributed by atoms with Gasteiger partial charge in [0.1, 0.15) is 5.54 Å². The summed E-state index contributed by atoms with van der Waals surface area (Å²) in [6.07, 6.45) is 9.56. The summed E-state index contributed by atoms with van der Waals surface area (Å²) in [5, 5.41) is 17.2. The molecule has 3 heterocycles. The van der Waals surface area contributed by atoms with E-state index in [-0.39, 0.29) is 11.8 Å². The number of carboxylic acids is 1. The third-order valence-corrected chi connectivity index (χ3v) is 9.99. The number of amides is 2. The van der Waals surface area contributed by atoms with Gasteiger partial charge in [-0.25, -0.2) is 4.79 Å². The number of carboxylic acid groups (broad SMARTS) is 1. The quantitative estimate of drug-likeness (QED) is 0.165. The Morgan fingerprint density at radius 3 is 2.48 bits per heavy atom. The average Bonchev–Trinajstić information content (AvgIpc) is 3.82. The second-order valence-corrected chi connectivity index (χ2v) is 13.2. The van der Waals surface area contributed by atoms with Crippen molar-refractivity contribution in [3.05, 3.63) is 102 Å². The van der Waals surface area contributed by atoms with Gasteiger partial charge < -0.3 is 25.2 Å². The number of fused-ring (bicyclic) bond motifs is 2. The first-order valence-electron chi connectivity index (χ1n) is 16.5. The van der Waals surface area contributed by atoms with Crippen molar-refractivity contribution in [1.82, 2.24) is 19.8 Å². The van der Waals surface area contributed by atoms with Gasteiger partial charge in [-0.05, 0) is 79.8 Å². The van der Waals surface area contributed by atoms with Gasteiger partial charge in [0.2, 0.25) is 0 Å². The number of pyridine rings is 1. The Balaban J connectivity index is 1.21. The van der Waals surface area contributed by atoms with Gasteiger partial charge >= 0.3 is 5.97 Å². The maximum Gasteiger partial charge on any atom is 0.328 e. The zero-order chi connectivity index (χ0) is 33.4. The smallest absolute Gasteiger partial charge is 0.328 e. The molecule has 0 radical (unpaired) electrons. The van der Waals surface area contributed by atoms with Crippen LogP contribution in [-0.2, 0) is 16.6 Å². The van der Waals surface area contributed by atoms with E-state index in [1.54, 1.807) is 24.3 Å². The van der Waals surface area contributed by atoms with Crippen molar-refractivity contribution in [2.75, 3.05) is 25.5 Å². The molecule has 0 unspecified atom stereocenters. The predicted octanol–water partition coefficient (Wildman–Crippen LogP) is 6.59. The number of hydrogen-bond donors (Lipinski definition) is 3. The van der Waals surface area contributed by atoms with Crippen LogP contribution < -0.4 is 10.6 Å². The molecule has 1 saturated heterocycles. The number of nitrogens with one attached hydrogen (secondary N) is 2. The molecule has 1 atom stereocenters. The maximum absolute atomic E-state index is 14.0. The van der Waals surface area contributed by atoms with E-state index in [4.69, 9.17) is 10.1 Å². The van der Waals surface area contributed by atoms with E-state index in [9.17, 15) is 14.4 Å². The molecule has 2 amide bonds. The van der Waals surface area contributed by atoms with Gasteiger partial charge in [-0.3, -0.25) is 14.6 Å². The van der Waals surface area contributed by atoms with E-state index < -0.39 is 11.5 Å². The standard InChI is InChI=1S/C39H39N5O4/c1-43-22-20-39(24-43,38(48)41-29-16-12-25(13-17-29)14-19-33(45)46)42-37(47)28-15-18-30-32(23-28)44(2)36(34(30)26-7-3-4-8-26)31-11-5-9-27-10-6-21-40-35(27)31/h5-6,9-19,21,23,26H,3-4,7-8,20,22,24H2,1-2H3,(H,41,48)(H,42,47)(H,45,46)/b19-14+/t39-/m0/s1. The first-order valence-corrected chi connectivity index (χ1v) is 16.5. The molecular weight excluding hydrogens is 602 g/mol. The van der Waals surface area contributed by atoms with Gasteiger partial charge in [-0.2, -0.15) is 0 Å². The van der Waals surface area contributed by atoms with E-state index in [2.05, 4.69) is 52.6 Å². The van der Waals surface area contributed by atoms with E-state index in [1.807, 2.05) is 36.3 Å². The average molecular weight is 642 g/mol. The number of para-hydroxylation sites is 1. The molecule has 3 aromatic carbocycles. The molecule has 7 rings (SSSR count). The molecule has 0 spiro atoms. The van der Waals surface area contributed by atoms with Crippen molar-refractivity contribution in [3.8, 4) is 11.3 Å². The number of likely N-dealkylation sites (N-methyl/N-ethyl adjacent to an activating group) is 1. The fraction of sp³-hybridized carbons (Fsp3) is 0.282. The molecule has 1 aliphatic heterocycles. The third-order valence-electron chi connectivity index (χ3n) is 9.99. The van der Waals surface area contributed by atoms with Gasteiger partial charge in [0.05, 0.1) is 11.2 Å². The number of aryl methyl sites for hydroxylation is 1. The summed E-state index contributed by atoms with van der Waals surface area (Å²) in [7, 11) is 4.01. The van der Waals surface area contributed by atoms with Crippen LogP contribution >= 0.6 is 0 Å². The summed E-state index contributed by atoms with van der Waals surface area (Å²) in [6, 6.07) is 23.2. The minimum Gasteiger partial charge on any atom is -0.478 e. The highest BCUT2D eigenvalue weighted by molar-refractivity contribution is 6.06. The number of rotatable bonds is 8. The lowest BCUT2D eigenvalue weighted by Gasteiger charge is -2.29. The summed E-state index contributed by atoms with van der Waals surface area (Å²) in [5.41, 5.74) is 6.16. The molecule has 9 nitrogen and oxygen atoms in total. The number of hydrogen-bond acceptors (Lipinski definition) is 5. The lowest BCUT2D eigenvalue weighted by atomic mass is 9.91. The second-order valence-electron chi connectivity index (χ2n) is 13.2. The first kappa shape index (κ1) is 31.3. The van der Waals surface area contributed by atoms with E-state index >= 15 is 0 Å². The van der Waals surface area contributed by atoms with Crippen molar-refractivity contribution in [3.63, 3.8) is 0 Å². The van der Waals surface area contributed by atoms with E-state index in [0.29, 0.717) is 42.2 Å². The summed E-state index contributed by atoms with van der Waals surface area (Å²) >= 11 is 0. The topological polar surface area (TPSA) is 117 Å². The zero-order valence-corrected chi connectivity index (χ0v) is 27.2. The largest absolute Gasteiger partial charge is 0.478 e. The van der Waals surface area contributed by atoms with Crippen LogP contribution in [0.4, 0.5) is 5.69 Å². The maximum atomic E-state index is 14.0. The number of aliphatic carboxylic acids is 1. The van der Waals surface area contributed by atoms with Crippen molar-refractivity contribution >= 4 is 51.4 Å². The van der Waals surface area contributed by atoms with Gasteiger partial charge in [-0.15, -0.1) is 0 Å².